The molecule has 0 fully saturated rings. The van der Waals surface area contributed by atoms with Gasteiger partial charge in [-0.2, -0.15) is 0 Å². The van der Waals surface area contributed by atoms with Crippen molar-refractivity contribution in [1.82, 2.24) is 19.5 Å². The monoisotopic (exact) mass is 548 g/mol. The predicted octanol–water partition coefficient (Wildman–Crippen LogP) is 3.62. The number of alkyl halides is 1. The highest BCUT2D eigenvalue weighted by Gasteiger charge is 2.23. The van der Waals surface area contributed by atoms with Crippen LogP contribution in [0.5, 0.6) is 17.2 Å². The molecule has 0 aliphatic rings. The van der Waals surface area contributed by atoms with Gasteiger partial charge >= 0.3 is 11.7 Å². The summed E-state index contributed by atoms with van der Waals surface area (Å²) in [6.07, 6.45) is 0. The summed E-state index contributed by atoms with van der Waals surface area (Å²) in [5.74, 6) is -2.80. The van der Waals surface area contributed by atoms with Gasteiger partial charge in [0.1, 0.15) is 36.1 Å². The van der Waals surface area contributed by atoms with Gasteiger partial charge in [-0.1, -0.05) is 17.7 Å². The number of carboxylic acid groups (broad SMARTS) is 1. The quantitative estimate of drug-likeness (QED) is 0.284. The number of aliphatic carboxylic acids is 1. The molecule has 0 unspecified atom stereocenters. The highest BCUT2D eigenvalue weighted by Crippen LogP contribution is 2.37. The predicted molar refractivity (Wildman–Crippen MR) is 130 cm³/mol. The number of imidazole rings is 1. The summed E-state index contributed by atoms with van der Waals surface area (Å²) in [6.45, 7) is -1.03. The second-order valence-electron chi connectivity index (χ2n) is 7.78. The highest BCUT2D eigenvalue weighted by molar-refractivity contribution is 6.32. The van der Waals surface area contributed by atoms with Crippen molar-refractivity contribution >= 4 is 34.5 Å². The lowest BCUT2D eigenvalue weighted by Crippen LogP contribution is -2.16. The van der Waals surface area contributed by atoms with Crippen molar-refractivity contribution in [2.45, 2.75) is 20.2 Å². The molecule has 0 aliphatic heterocycles. The first-order valence-corrected chi connectivity index (χ1v) is 11.2. The first-order chi connectivity index (χ1) is 18.1. The minimum absolute atomic E-state index is 0.0286. The molecule has 0 spiro atoms. The average molecular weight is 549 g/mol. The number of rotatable bonds is 10. The van der Waals surface area contributed by atoms with Gasteiger partial charge in [0.05, 0.1) is 23.4 Å². The van der Waals surface area contributed by atoms with Gasteiger partial charge in [0, 0.05) is 19.1 Å². The number of halogens is 3. The number of hydrogen-bond acceptors (Lipinski definition) is 8. The Morgan fingerprint density at radius 1 is 1.16 bits per heavy atom. The van der Waals surface area contributed by atoms with E-state index in [1.54, 1.807) is 0 Å². The Labute approximate surface area is 217 Å². The number of nitrogens with one attached hydrogen (secondary N) is 1. The van der Waals surface area contributed by atoms with Crippen LogP contribution in [0.15, 0.2) is 35.1 Å². The zero-order chi connectivity index (χ0) is 27.6. The van der Waals surface area contributed by atoms with Crippen LogP contribution in [-0.2, 0) is 18.1 Å². The van der Waals surface area contributed by atoms with Crippen molar-refractivity contribution in [2.24, 2.45) is 0 Å². The number of Topliss-reactive ketones (excluding diaryl/α,β-unsaturated/α-hetero) is 1. The third kappa shape index (κ3) is 5.13. The maximum absolute atomic E-state index is 14.5. The summed E-state index contributed by atoms with van der Waals surface area (Å²) in [4.78, 5) is 46.5. The molecule has 0 aliphatic carbocycles. The van der Waals surface area contributed by atoms with Crippen molar-refractivity contribution in [1.29, 1.82) is 0 Å². The van der Waals surface area contributed by atoms with Gasteiger partial charge in [-0.15, -0.1) is 0 Å². The third-order valence-corrected chi connectivity index (χ3v) is 5.61. The molecule has 0 radical (unpaired) electrons. The van der Waals surface area contributed by atoms with E-state index in [-0.39, 0.29) is 62.8 Å². The number of fused-ring (bicyclic) bond motifs is 1. The van der Waals surface area contributed by atoms with Crippen molar-refractivity contribution in [2.75, 3.05) is 13.7 Å². The lowest BCUT2D eigenvalue weighted by atomic mass is 10.2. The number of nitrogens with zero attached hydrogens (tertiary/aromatic N) is 3. The summed E-state index contributed by atoms with van der Waals surface area (Å²) in [5.41, 5.74) is -1.12. The number of hydrogen-bond donors (Lipinski definition) is 2. The fourth-order valence-electron chi connectivity index (χ4n) is 3.65. The Morgan fingerprint density at radius 3 is 2.55 bits per heavy atom. The molecule has 4 rings (SSSR count). The number of aromatic amines is 1. The second-order valence-corrected chi connectivity index (χ2v) is 8.19. The lowest BCUT2D eigenvalue weighted by molar-refractivity contribution is -0.139. The lowest BCUT2D eigenvalue weighted by Gasteiger charge is -2.16. The van der Waals surface area contributed by atoms with Crippen LogP contribution in [-0.4, -0.2) is 50.1 Å². The molecule has 2 heterocycles. The maximum atomic E-state index is 14.5. The number of carboxylic acids is 1. The van der Waals surface area contributed by atoms with Gasteiger partial charge in [-0.3, -0.25) is 4.79 Å². The number of carbonyl (C=O) groups is 2. The van der Waals surface area contributed by atoms with Gasteiger partial charge in [0.25, 0.3) is 0 Å². The molecule has 0 saturated carbocycles. The van der Waals surface area contributed by atoms with Gasteiger partial charge in [0.15, 0.2) is 35.4 Å². The third-order valence-electron chi connectivity index (χ3n) is 5.31. The topological polar surface area (TPSA) is 146 Å². The molecule has 11 nitrogen and oxygen atoms in total. The average Bonchev–Trinajstić information content (AvgIpc) is 3.21. The molecule has 2 aromatic carbocycles. The number of ketones is 1. The Balaban J connectivity index is 1.88. The zero-order valence-corrected chi connectivity index (χ0v) is 20.6. The van der Waals surface area contributed by atoms with Crippen LogP contribution in [0.4, 0.5) is 8.78 Å². The molecule has 38 heavy (non-hydrogen) atoms. The van der Waals surface area contributed by atoms with E-state index < -0.39 is 36.5 Å². The van der Waals surface area contributed by atoms with Crippen molar-refractivity contribution < 1.29 is 37.7 Å². The van der Waals surface area contributed by atoms with Crippen LogP contribution in [0.2, 0.25) is 5.02 Å². The second kappa shape index (κ2) is 10.8. The Bertz CT molecular complexity index is 1620. The molecular weight excluding hydrogens is 530 g/mol. The van der Waals surface area contributed by atoms with Crippen LogP contribution in [0, 0.1) is 5.82 Å². The molecule has 0 saturated heterocycles. The first-order valence-electron chi connectivity index (χ1n) is 10.9. The Kier molecular flexibility index (Phi) is 7.57. The number of benzene rings is 2. The maximum Gasteiger partial charge on any atom is 0.341 e. The van der Waals surface area contributed by atoms with E-state index in [9.17, 15) is 23.2 Å². The fourth-order valence-corrected chi connectivity index (χ4v) is 3.89. The molecular formula is C24H19ClF2N4O7. The van der Waals surface area contributed by atoms with Crippen molar-refractivity contribution in [3.05, 3.63) is 68.7 Å². The van der Waals surface area contributed by atoms with Crippen LogP contribution >= 0.6 is 11.6 Å². The van der Waals surface area contributed by atoms with Gasteiger partial charge in [-0.05, 0) is 12.1 Å². The minimum atomic E-state index is -1.29. The zero-order valence-electron chi connectivity index (χ0n) is 19.9. The van der Waals surface area contributed by atoms with Crippen LogP contribution < -0.4 is 19.9 Å². The summed E-state index contributed by atoms with van der Waals surface area (Å²) in [5, 5.41) is 8.94. The molecule has 0 bridgehead atoms. The Hall–Kier alpha value is -4.52. The van der Waals surface area contributed by atoms with E-state index in [1.165, 1.54) is 44.4 Å². The molecule has 2 N–H and O–H groups in total. The van der Waals surface area contributed by atoms with E-state index in [1.807, 2.05) is 0 Å². The summed E-state index contributed by atoms with van der Waals surface area (Å²) in [7, 11) is 1.35. The van der Waals surface area contributed by atoms with E-state index in [2.05, 4.69) is 15.0 Å². The smallest absolute Gasteiger partial charge is 0.341 e. The van der Waals surface area contributed by atoms with Gasteiger partial charge in [-0.25, -0.2) is 32.9 Å². The van der Waals surface area contributed by atoms with E-state index in [4.69, 9.17) is 30.9 Å². The molecule has 14 heteroatoms. The van der Waals surface area contributed by atoms with E-state index in [0.29, 0.717) is 0 Å². The molecule has 0 amide bonds. The van der Waals surface area contributed by atoms with E-state index in [0.717, 1.165) is 4.57 Å². The number of carbonyl (C=O) groups excluding carboxylic acids is 1. The molecule has 4 aromatic rings. The molecule has 198 valence electrons. The molecule has 2 aromatic heterocycles. The normalized spacial score (nSPS) is 11.0. The number of aromatic nitrogens is 4. The minimum Gasteiger partial charge on any atom is -0.496 e. The summed E-state index contributed by atoms with van der Waals surface area (Å²) >= 11 is 6.43. The van der Waals surface area contributed by atoms with Crippen molar-refractivity contribution in [3.63, 3.8) is 0 Å². The highest BCUT2D eigenvalue weighted by atomic mass is 35.5. The number of methoxy groups -OCH3 is 1. The van der Waals surface area contributed by atoms with E-state index >= 15 is 0 Å². The van der Waals surface area contributed by atoms with Crippen molar-refractivity contribution in [3.8, 4) is 22.9 Å². The van der Waals surface area contributed by atoms with Gasteiger partial charge < -0.3 is 24.3 Å². The van der Waals surface area contributed by atoms with Crippen LogP contribution in [0.3, 0.4) is 0 Å². The summed E-state index contributed by atoms with van der Waals surface area (Å²) in [6, 6.07) is 6.62. The first kappa shape index (κ1) is 26.5. The SMILES string of the molecule is COc1cccc(F)c1COc1cc(-n2c(=O)[nH]c3c(C(C)=O)nc(CF)nc32)c(Cl)cc1OCC(=O)O. The van der Waals surface area contributed by atoms with Gasteiger partial charge in [0.2, 0.25) is 0 Å². The van der Waals surface area contributed by atoms with Crippen LogP contribution in [0.1, 0.15) is 28.8 Å². The number of ether oxygens (including phenoxy) is 3. The number of H-pyrrole nitrogens is 1. The fraction of sp³-hybridized carbons (Fsp3) is 0.208. The molecule has 0 atom stereocenters. The standard InChI is InChI=1S/C24H19ClF2N4O7/c1-11(32)21-22-23(29-19(8-26)28-21)31(24(35)30-22)15-7-18(17(6-13(15)25)38-10-20(33)34)37-9-12-14(27)4-3-5-16(12)36-2/h3-7H,8-10H2,1-2H3,(H,30,35)(H,33,34). The largest absolute Gasteiger partial charge is 0.496 e. The summed E-state index contributed by atoms with van der Waals surface area (Å²) < 4.78 is 45.1. The van der Waals surface area contributed by atoms with Crippen LogP contribution in [0.25, 0.3) is 16.9 Å². The Morgan fingerprint density at radius 2 is 1.89 bits per heavy atom.